The molecule has 0 bridgehead atoms. The highest BCUT2D eigenvalue weighted by molar-refractivity contribution is 5.73. The van der Waals surface area contributed by atoms with E-state index in [4.69, 9.17) is 4.74 Å². The SMILES string of the molecule is CC1=C[C@H]1C[C@@H](C=O)NC(=O)OC(C)(C)C. The van der Waals surface area contributed by atoms with E-state index in [-0.39, 0.29) is 0 Å². The molecule has 0 radical (unpaired) electrons. The first kappa shape index (κ1) is 12.7. The number of hydrogen-bond donors (Lipinski definition) is 1. The van der Waals surface area contributed by atoms with Crippen molar-refractivity contribution in [3.8, 4) is 0 Å². The van der Waals surface area contributed by atoms with Crippen LogP contribution in [0.3, 0.4) is 0 Å². The minimum atomic E-state index is -0.539. The van der Waals surface area contributed by atoms with Gasteiger partial charge in [-0.2, -0.15) is 0 Å². The highest BCUT2D eigenvalue weighted by atomic mass is 16.6. The van der Waals surface area contributed by atoms with Crippen molar-refractivity contribution in [2.24, 2.45) is 5.92 Å². The van der Waals surface area contributed by atoms with Crippen LogP contribution in [0.15, 0.2) is 11.6 Å². The summed E-state index contributed by atoms with van der Waals surface area (Å²) in [5.74, 6) is 0.366. The third-order valence-electron chi connectivity index (χ3n) is 2.31. The smallest absolute Gasteiger partial charge is 0.408 e. The van der Waals surface area contributed by atoms with E-state index in [1.54, 1.807) is 20.8 Å². The molecule has 1 N–H and O–H groups in total. The Hall–Kier alpha value is -1.32. The Balaban J connectivity index is 2.32. The molecule has 90 valence electrons. The van der Waals surface area contributed by atoms with E-state index in [0.717, 1.165) is 6.29 Å². The molecule has 0 saturated heterocycles. The van der Waals surface area contributed by atoms with Gasteiger partial charge in [0, 0.05) is 5.92 Å². The number of alkyl carbamates (subject to hydrolysis) is 1. The number of amides is 1. The van der Waals surface area contributed by atoms with Gasteiger partial charge >= 0.3 is 6.09 Å². The quantitative estimate of drug-likeness (QED) is 0.588. The molecule has 0 aromatic heterocycles. The van der Waals surface area contributed by atoms with E-state index < -0.39 is 17.7 Å². The fourth-order valence-electron chi connectivity index (χ4n) is 1.40. The standard InChI is InChI=1S/C12H19NO3/c1-8-5-9(8)6-10(7-14)13-11(15)16-12(2,3)4/h5,7,9-10H,6H2,1-4H3,(H,13,15)/t9-,10-/m0/s1. The zero-order chi connectivity index (χ0) is 12.3. The normalized spacial score (nSPS) is 20.8. The van der Waals surface area contributed by atoms with Crippen molar-refractivity contribution in [1.82, 2.24) is 5.32 Å². The largest absolute Gasteiger partial charge is 0.444 e. The van der Waals surface area contributed by atoms with E-state index in [2.05, 4.69) is 11.4 Å². The lowest BCUT2D eigenvalue weighted by Crippen LogP contribution is -2.40. The molecule has 0 heterocycles. The molecule has 0 spiro atoms. The van der Waals surface area contributed by atoms with Crippen molar-refractivity contribution in [3.05, 3.63) is 11.6 Å². The average Bonchev–Trinajstić information content (AvgIpc) is 2.77. The molecule has 4 heteroatoms. The molecule has 0 aromatic rings. The van der Waals surface area contributed by atoms with Crippen LogP contribution >= 0.6 is 0 Å². The van der Waals surface area contributed by atoms with E-state index in [1.165, 1.54) is 5.57 Å². The van der Waals surface area contributed by atoms with Crippen LogP contribution in [0.5, 0.6) is 0 Å². The highest BCUT2D eigenvalue weighted by Gasteiger charge is 2.26. The summed E-state index contributed by atoms with van der Waals surface area (Å²) in [4.78, 5) is 22.2. The van der Waals surface area contributed by atoms with Crippen molar-refractivity contribution >= 4 is 12.4 Å². The molecule has 1 amide bonds. The Labute approximate surface area is 96.0 Å². The molecule has 4 nitrogen and oxygen atoms in total. The van der Waals surface area contributed by atoms with E-state index in [1.807, 2.05) is 6.92 Å². The number of hydrogen-bond acceptors (Lipinski definition) is 3. The van der Waals surface area contributed by atoms with Crippen molar-refractivity contribution in [2.45, 2.75) is 45.8 Å². The van der Waals surface area contributed by atoms with Gasteiger partial charge in [0.05, 0.1) is 6.04 Å². The van der Waals surface area contributed by atoms with Gasteiger partial charge in [0.1, 0.15) is 11.9 Å². The second-order valence-electron chi connectivity index (χ2n) is 5.14. The van der Waals surface area contributed by atoms with Gasteiger partial charge in [-0.1, -0.05) is 11.6 Å². The van der Waals surface area contributed by atoms with Crippen LogP contribution < -0.4 is 5.32 Å². The van der Waals surface area contributed by atoms with Crippen LogP contribution in [0.25, 0.3) is 0 Å². The summed E-state index contributed by atoms with van der Waals surface area (Å²) < 4.78 is 5.07. The van der Waals surface area contributed by atoms with Gasteiger partial charge in [0.15, 0.2) is 0 Å². The van der Waals surface area contributed by atoms with E-state index in [9.17, 15) is 9.59 Å². The molecule has 1 aliphatic carbocycles. The minimum Gasteiger partial charge on any atom is -0.444 e. The lowest BCUT2D eigenvalue weighted by Gasteiger charge is -2.21. The predicted octanol–water partition coefficient (Wildman–Crippen LogP) is 2.04. The molecule has 0 unspecified atom stereocenters. The average molecular weight is 225 g/mol. The number of carbonyl (C=O) groups excluding carboxylic acids is 2. The monoisotopic (exact) mass is 225 g/mol. The van der Waals surface area contributed by atoms with Gasteiger partial charge in [-0.15, -0.1) is 0 Å². The molecule has 1 aliphatic rings. The van der Waals surface area contributed by atoms with Crippen LogP contribution in [0.4, 0.5) is 4.79 Å². The lowest BCUT2D eigenvalue weighted by molar-refractivity contribution is -0.109. The van der Waals surface area contributed by atoms with Crippen LogP contribution in [0.2, 0.25) is 0 Å². The maximum absolute atomic E-state index is 11.4. The van der Waals surface area contributed by atoms with Crippen molar-refractivity contribution < 1.29 is 14.3 Å². The van der Waals surface area contributed by atoms with Gasteiger partial charge in [0.2, 0.25) is 0 Å². The van der Waals surface area contributed by atoms with Gasteiger partial charge in [-0.25, -0.2) is 4.79 Å². The zero-order valence-corrected chi connectivity index (χ0v) is 10.2. The molecule has 2 atom stereocenters. The van der Waals surface area contributed by atoms with Gasteiger partial charge < -0.3 is 14.8 Å². The molecule has 0 saturated carbocycles. The number of allylic oxidation sites excluding steroid dienone is 2. The Bertz CT molecular complexity index is 315. The first-order chi connectivity index (χ1) is 7.31. The van der Waals surface area contributed by atoms with E-state index in [0.29, 0.717) is 12.3 Å². The maximum atomic E-state index is 11.4. The number of ether oxygens (including phenoxy) is 1. The molecule has 1 rings (SSSR count). The number of rotatable bonds is 4. The van der Waals surface area contributed by atoms with Gasteiger partial charge in [-0.05, 0) is 34.1 Å². The number of carbonyl (C=O) groups is 2. The molecular weight excluding hydrogens is 206 g/mol. The van der Waals surface area contributed by atoms with Crippen LogP contribution in [0.1, 0.15) is 34.1 Å². The fraction of sp³-hybridized carbons (Fsp3) is 0.667. The molecule has 16 heavy (non-hydrogen) atoms. The Morgan fingerprint density at radius 1 is 1.62 bits per heavy atom. The second kappa shape index (κ2) is 4.68. The number of nitrogens with one attached hydrogen (secondary N) is 1. The van der Waals surface area contributed by atoms with Crippen molar-refractivity contribution in [1.29, 1.82) is 0 Å². The summed E-state index contributed by atoms with van der Waals surface area (Å²) in [5.41, 5.74) is 0.739. The topological polar surface area (TPSA) is 55.4 Å². The van der Waals surface area contributed by atoms with Crippen LogP contribution in [0, 0.1) is 5.92 Å². The Morgan fingerprint density at radius 3 is 2.56 bits per heavy atom. The van der Waals surface area contributed by atoms with Gasteiger partial charge in [0.25, 0.3) is 0 Å². The van der Waals surface area contributed by atoms with Crippen LogP contribution in [-0.4, -0.2) is 24.0 Å². The highest BCUT2D eigenvalue weighted by Crippen LogP contribution is 2.31. The first-order valence-electron chi connectivity index (χ1n) is 5.45. The molecule has 0 aliphatic heterocycles. The summed E-state index contributed by atoms with van der Waals surface area (Å²) in [6, 6.07) is -0.464. The molecule has 0 aromatic carbocycles. The van der Waals surface area contributed by atoms with Crippen molar-refractivity contribution in [3.63, 3.8) is 0 Å². The zero-order valence-electron chi connectivity index (χ0n) is 10.2. The summed E-state index contributed by atoms with van der Waals surface area (Å²) in [5, 5.41) is 2.55. The summed E-state index contributed by atoms with van der Waals surface area (Å²) >= 11 is 0. The Morgan fingerprint density at radius 2 is 2.19 bits per heavy atom. The number of aldehydes is 1. The summed E-state index contributed by atoms with van der Waals surface area (Å²) in [6.45, 7) is 7.37. The predicted molar refractivity (Wildman–Crippen MR) is 61.1 cm³/mol. The summed E-state index contributed by atoms with van der Waals surface area (Å²) in [6.07, 6.45) is 2.92. The third-order valence-corrected chi connectivity index (χ3v) is 2.31. The van der Waals surface area contributed by atoms with E-state index >= 15 is 0 Å². The molecule has 0 fully saturated rings. The molecular formula is C12H19NO3. The van der Waals surface area contributed by atoms with Crippen molar-refractivity contribution in [2.75, 3.05) is 0 Å². The van der Waals surface area contributed by atoms with Crippen LogP contribution in [-0.2, 0) is 9.53 Å². The lowest BCUT2D eigenvalue weighted by atomic mass is 10.1. The van der Waals surface area contributed by atoms with Gasteiger partial charge in [-0.3, -0.25) is 0 Å². The minimum absolute atomic E-state index is 0.366. The summed E-state index contributed by atoms with van der Waals surface area (Å²) in [7, 11) is 0. The maximum Gasteiger partial charge on any atom is 0.408 e. The third kappa shape index (κ3) is 4.47. The Kier molecular flexibility index (Phi) is 3.73. The second-order valence-corrected chi connectivity index (χ2v) is 5.14. The first-order valence-corrected chi connectivity index (χ1v) is 5.45. The fourth-order valence-corrected chi connectivity index (χ4v) is 1.40.